The van der Waals surface area contributed by atoms with Crippen molar-refractivity contribution in [2.75, 3.05) is 19.6 Å². The van der Waals surface area contributed by atoms with Crippen LogP contribution in [0.1, 0.15) is 36.8 Å². The number of rotatable bonds is 10. The minimum Gasteiger partial charge on any atom is -0.508 e. The Morgan fingerprint density at radius 3 is 2.32 bits per heavy atom. The van der Waals surface area contributed by atoms with Crippen molar-refractivity contribution in [3.63, 3.8) is 0 Å². The molecular formula is C36H45N9O8. The molecule has 2 aromatic rings. The van der Waals surface area contributed by atoms with Crippen LogP contribution in [-0.2, 0) is 46.4 Å². The highest BCUT2D eigenvalue weighted by Gasteiger charge is 2.39. The van der Waals surface area contributed by atoms with Crippen LogP contribution in [0.15, 0.2) is 71.7 Å². The number of benzene rings is 2. The smallest absolute Gasteiger partial charge is 0.290 e. The molecule has 0 aliphatic carbocycles. The Morgan fingerprint density at radius 1 is 0.906 bits per heavy atom. The molecule has 6 amide bonds. The van der Waals surface area contributed by atoms with Crippen LogP contribution in [0.2, 0.25) is 0 Å². The molecule has 0 bridgehead atoms. The summed E-state index contributed by atoms with van der Waals surface area (Å²) in [5.41, 5.74) is 12.2. The molecule has 2 heterocycles. The first-order valence-electron chi connectivity index (χ1n) is 17.2. The first-order chi connectivity index (χ1) is 25.4. The number of hydrogen-bond acceptors (Lipinski definition) is 9. The molecular weight excluding hydrogens is 686 g/mol. The van der Waals surface area contributed by atoms with Crippen molar-refractivity contribution in [1.82, 2.24) is 31.5 Å². The van der Waals surface area contributed by atoms with E-state index in [1.165, 1.54) is 23.1 Å². The zero-order valence-corrected chi connectivity index (χ0v) is 29.0. The molecule has 4 rings (SSSR count). The lowest BCUT2D eigenvalue weighted by Gasteiger charge is -2.29. The molecule has 0 aromatic heterocycles. The number of amides is 6. The van der Waals surface area contributed by atoms with Crippen LogP contribution in [0.3, 0.4) is 0 Å². The first kappa shape index (κ1) is 39.5. The van der Waals surface area contributed by atoms with E-state index >= 15 is 0 Å². The van der Waals surface area contributed by atoms with Crippen molar-refractivity contribution in [3.8, 4) is 5.75 Å². The predicted molar refractivity (Wildman–Crippen MR) is 193 cm³/mol. The van der Waals surface area contributed by atoms with E-state index in [0.717, 1.165) is 6.08 Å². The van der Waals surface area contributed by atoms with Crippen LogP contribution in [0.4, 0.5) is 0 Å². The number of phenolic OH excluding ortho intramolecular Hbond substituents is 1. The van der Waals surface area contributed by atoms with Gasteiger partial charge in [-0.3, -0.25) is 38.6 Å². The lowest BCUT2D eigenvalue weighted by molar-refractivity contribution is -0.143. The van der Waals surface area contributed by atoms with Crippen molar-refractivity contribution < 1.29 is 38.7 Å². The van der Waals surface area contributed by atoms with E-state index in [2.05, 4.69) is 31.6 Å². The zero-order chi connectivity index (χ0) is 38.3. The number of carbonyl (C=O) groups excluding carboxylic acids is 7. The van der Waals surface area contributed by atoms with Gasteiger partial charge in [0.15, 0.2) is 5.96 Å². The van der Waals surface area contributed by atoms with Gasteiger partial charge >= 0.3 is 0 Å². The van der Waals surface area contributed by atoms with E-state index < -0.39 is 65.5 Å². The number of guanidine groups is 1. The average molecular weight is 732 g/mol. The van der Waals surface area contributed by atoms with Crippen LogP contribution in [0.5, 0.6) is 5.75 Å². The van der Waals surface area contributed by atoms with E-state index in [9.17, 15) is 38.7 Å². The van der Waals surface area contributed by atoms with Gasteiger partial charge in [-0.15, -0.1) is 0 Å². The number of hydrogen-bond donors (Lipinski definition) is 8. The number of Topliss-reactive ketones (excluding diaryl/α,β-unsaturated/α-hetero) is 1. The van der Waals surface area contributed by atoms with Gasteiger partial charge in [0.1, 0.15) is 23.9 Å². The van der Waals surface area contributed by atoms with E-state index in [-0.39, 0.29) is 63.4 Å². The Bertz CT molecular complexity index is 1700. The highest BCUT2D eigenvalue weighted by atomic mass is 16.3. The standard InChI is InChI=1S/C36H45N9O8/c37-36(38)39-16-4-8-26-31(49)34(52)44-27(19-22-6-2-1-3-7-22)32(50)42-24(18-23-10-13-25(47)14-11-23)12-15-30(48)40-20-28(41-21-46)35(53)45-17-5-9-29(45)33(51)43-26/h1-3,6-7,10-15,21,24,26-29,47H,4-5,8-9,16-20H2,(H,40,48)(H,41,46)(H,42,50)(H,43,51)(H,44,52)(H4,37,38,39)/b15-12+/t24?,26?,27-,28+,29?/m1/s1. The third kappa shape index (κ3) is 11.9. The van der Waals surface area contributed by atoms with Gasteiger partial charge < -0.3 is 48.1 Å². The fourth-order valence-electron chi connectivity index (χ4n) is 6.09. The Morgan fingerprint density at radius 2 is 1.62 bits per heavy atom. The molecule has 3 unspecified atom stereocenters. The van der Waals surface area contributed by atoms with E-state index in [0.29, 0.717) is 24.0 Å². The molecule has 10 N–H and O–H groups in total. The third-order valence-corrected chi connectivity index (χ3v) is 8.79. The summed E-state index contributed by atoms with van der Waals surface area (Å²) in [5.74, 6) is -4.95. The summed E-state index contributed by atoms with van der Waals surface area (Å²) in [6.45, 7) is -0.0548. The van der Waals surface area contributed by atoms with E-state index in [1.807, 2.05) is 0 Å². The van der Waals surface area contributed by atoms with Crippen LogP contribution < -0.4 is 38.1 Å². The van der Waals surface area contributed by atoms with Crippen LogP contribution in [0, 0.1) is 0 Å². The number of nitrogens with one attached hydrogen (secondary N) is 5. The predicted octanol–water partition coefficient (Wildman–Crippen LogP) is -1.95. The number of phenols is 1. The summed E-state index contributed by atoms with van der Waals surface area (Å²) >= 11 is 0. The molecule has 53 heavy (non-hydrogen) atoms. The molecule has 1 fully saturated rings. The fourth-order valence-corrected chi connectivity index (χ4v) is 6.09. The van der Waals surface area contributed by atoms with E-state index in [4.69, 9.17) is 11.5 Å². The first-order valence-corrected chi connectivity index (χ1v) is 17.2. The summed E-state index contributed by atoms with van der Waals surface area (Å²) in [6, 6.07) is 9.29. The molecule has 2 aliphatic rings. The zero-order valence-electron chi connectivity index (χ0n) is 29.0. The maximum absolute atomic E-state index is 13.9. The third-order valence-electron chi connectivity index (χ3n) is 8.79. The van der Waals surface area contributed by atoms with Crippen LogP contribution in [0.25, 0.3) is 0 Å². The molecule has 0 saturated carbocycles. The van der Waals surface area contributed by atoms with Gasteiger partial charge in [-0.1, -0.05) is 48.5 Å². The Labute approximate surface area is 306 Å². The van der Waals surface area contributed by atoms with Gasteiger partial charge in [-0.25, -0.2) is 0 Å². The lowest BCUT2D eigenvalue weighted by atomic mass is 10.0. The number of fused-ring (bicyclic) bond motifs is 1. The van der Waals surface area contributed by atoms with Crippen LogP contribution >= 0.6 is 0 Å². The fraction of sp³-hybridized carbons (Fsp3) is 0.389. The van der Waals surface area contributed by atoms with Crippen molar-refractivity contribution in [2.45, 2.75) is 68.7 Å². The minimum atomic E-state index is -1.37. The molecule has 0 spiro atoms. The van der Waals surface area contributed by atoms with Crippen molar-refractivity contribution in [1.29, 1.82) is 0 Å². The second-order valence-electron chi connectivity index (χ2n) is 12.7. The summed E-state index contributed by atoms with van der Waals surface area (Å²) in [5, 5.41) is 22.7. The normalized spacial score (nSPS) is 23.8. The molecule has 0 radical (unpaired) electrons. The van der Waals surface area contributed by atoms with Gasteiger partial charge in [0, 0.05) is 32.1 Å². The van der Waals surface area contributed by atoms with E-state index in [1.54, 1.807) is 42.5 Å². The van der Waals surface area contributed by atoms with Crippen molar-refractivity contribution in [3.05, 3.63) is 77.9 Å². The van der Waals surface area contributed by atoms with Crippen LogP contribution in [-0.4, -0.2) is 108 Å². The maximum Gasteiger partial charge on any atom is 0.290 e. The number of carbonyl (C=O) groups is 7. The quantitative estimate of drug-likeness (QED) is 0.0440. The number of nitrogens with zero attached hydrogens (tertiary/aromatic N) is 2. The lowest BCUT2D eigenvalue weighted by Crippen LogP contribution is -2.58. The second-order valence-corrected chi connectivity index (χ2v) is 12.7. The maximum atomic E-state index is 13.9. The largest absolute Gasteiger partial charge is 0.508 e. The summed E-state index contributed by atoms with van der Waals surface area (Å²) in [7, 11) is 0. The van der Waals surface area contributed by atoms with Gasteiger partial charge in [0.25, 0.3) is 5.91 Å². The van der Waals surface area contributed by atoms with Gasteiger partial charge in [0.05, 0.1) is 12.1 Å². The monoisotopic (exact) mass is 731 g/mol. The number of nitrogens with two attached hydrogens (primary N) is 2. The molecule has 282 valence electrons. The Hall–Kier alpha value is -6.26. The minimum absolute atomic E-state index is 0.00634. The molecule has 17 nitrogen and oxygen atoms in total. The summed E-state index contributed by atoms with van der Waals surface area (Å²) < 4.78 is 0. The van der Waals surface area contributed by atoms with Gasteiger partial charge in [-0.2, -0.15) is 0 Å². The second kappa shape index (κ2) is 19.4. The summed E-state index contributed by atoms with van der Waals surface area (Å²) in [6.07, 6.45) is 3.88. The number of aliphatic imine (C=N–C) groups is 1. The molecule has 5 atom stereocenters. The number of aromatic hydroxyl groups is 1. The Balaban J connectivity index is 1.71. The van der Waals surface area contributed by atoms with Gasteiger partial charge in [0.2, 0.25) is 35.8 Å². The number of ketones is 1. The molecule has 2 aromatic carbocycles. The summed E-state index contributed by atoms with van der Waals surface area (Å²) in [4.78, 5) is 98.2. The Kier molecular flexibility index (Phi) is 14.4. The SMILES string of the molecule is NC(N)=NCCCC1NC(=O)C2CCCN2C(=O)[C@@H](NC=O)CNC(=O)/C=C/C(Cc2ccc(O)cc2)NC(=O)[C@@H](Cc2ccccc2)NC(=O)C1=O. The topological polar surface area (TPSA) is 268 Å². The van der Waals surface area contributed by atoms with Gasteiger partial charge in [-0.05, 0) is 55.4 Å². The van der Waals surface area contributed by atoms with Crippen molar-refractivity contribution in [2.24, 2.45) is 16.5 Å². The molecule has 2 aliphatic heterocycles. The highest BCUT2D eigenvalue weighted by molar-refractivity contribution is 6.38. The highest BCUT2D eigenvalue weighted by Crippen LogP contribution is 2.20. The van der Waals surface area contributed by atoms with Crippen molar-refractivity contribution >= 4 is 47.7 Å². The average Bonchev–Trinajstić information content (AvgIpc) is 3.64. The molecule has 17 heteroatoms. The molecule has 1 saturated heterocycles.